The topological polar surface area (TPSA) is 55.3 Å². The van der Waals surface area contributed by atoms with E-state index in [1.807, 2.05) is 0 Å². The van der Waals surface area contributed by atoms with Crippen LogP contribution in [0.2, 0.25) is 0 Å². The lowest BCUT2D eigenvalue weighted by atomic mass is 10.1. The maximum atomic E-state index is 13.1. The van der Waals surface area contributed by atoms with Crippen LogP contribution in [0.15, 0.2) is 23.2 Å². The molecule has 6 nitrogen and oxygen atoms in total. The number of benzene rings is 1. The average Bonchev–Trinajstić information content (AvgIpc) is 3.10. The van der Waals surface area contributed by atoms with Crippen molar-refractivity contribution in [2.75, 3.05) is 60.2 Å². The van der Waals surface area contributed by atoms with Crippen LogP contribution in [0, 0.1) is 17.6 Å². The summed E-state index contributed by atoms with van der Waals surface area (Å²) in [5, 5.41) is 3.23. The van der Waals surface area contributed by atoms with Gasteiger partial charge < -0.3 is 24.4 Å². The van der Waals surface area contributed by atoms with Crippen LogP contribution in [0.4, 0.5) is 8.78 Å². The van der Waals surface area contributed by atoms with Gasteiger partial charge >= 0.3 is 0 Å². The molecule has 1 heterocycles. The zero-order valence-electron chi connectivity index (χ0n) is 15.7. The minimum Gasteiger partial charge on any atom is -0.492 e. The first-order valence-electron chi connectivity index (χ1n) is 8.74. The Kier molecular flexibility index (Phi) is 11.5. The summed E-state index contributed by atoms with van der Waals surface area (Å²) in [7, 11) is 3.40. The molecule has 0 aliphatic carbocycles. The minimum absolute atomic E-state index is 0. The number of likely N-dealkylation sites (tertiary alicyclic amines) is 1. The average molecular weight is 499 g/mol. The van der Waals surface area contributed by atoms with Gasteiger partial charge in [0.1, 0.15) is 12.4 Å². The van der Waals surface area contributed by atoms with Gasteiger partial charge in [0.2, 0.25) is 0 Å². The molecule has 1 unspecified atom stereocenters. The predicted octanol–water partition coefficient (Wildman–Crippen LogP) is 2.52. The molecule has 1 atom stereocenters. The lowest BCUT2D eigenvalue weighted by molar-refractivity contribution is 0.0536. The predicted molar refractivity (Wildman–Crippen MR) is 111 cm³/mol. The molecule has 1 saturated heterocycles. The van der Waals surface area contributed by atoms with Gasteiger partial charge in [-0.25, -0.2) is 8.78 Å². The fourth-order valence-corrected chi connectivity index (χ4v) is 2.78. The number of methoxy groups -OCH3 is 1. The van der Waals surface area contributed by atoms with E-state index in [1.165, 1.54) is 6.07 Å². The number of ether oxygens (including phenoxy) is 3. The summed E-state index contributed by atoms with van der Waals surface area (Å²) in [6.07, 6.45) is 1.05. The largest absolute Gasteiger partial charge is 0.492 e. The van der Waals surface area contributed by atoms with E-state index in [1.54, 1.807) is 14.2 Å². The van der Waals surface area contributed by atoms with Crippen molar-refractivity contribution < 1.29 is 23.0 Å². The Bertz CT molecular complexity index is 593. The second kappa shape index (κ2) is 13.1. The zero-order valence-corrected chi connectivity index (χ0v) is 18.1. The van der Waals surface area contributed by atoms with Crippen molar-refractivity contribution in [3.8, 4) is 5.75 Å². The maximum Gasteiger partial charge on any atom is 0.193 e. The van der Waals surface area contributed by atoms with Gasteiger partial charge in [0.05, 0.1) is 26.4 Å². The summed E-state index contributed by atoms with van der Waals surface area (Å²) in [6, 6.07) is 3.50. The highest BCUT2D eigenvalue weighted by molar-refractivity contribution is 14.0. The third-order valence-corrected chi connectivity index (χ3v) is 4.13. The summed E-state index contributed by atoms with van der Waals surface area (Å²) >= 11 is 0. The van der Waals surface area contributed by atoms with E-state index in [4.69, 9.17) is 14.2 Å². The molecule has 1 fully saturated rings. The van der Waals surface area contributed by atoms with Crippen molar-refractivity contribution >= 4 is 29.9 Å². The molecule has 0 spiro atoms. The number of guanidine groups is 1. The van der Waals surface area contributed by atoms with Gasteiger partial charge in [-0.2, -0.15) is 0 Å². The summed E-state index contributed by atoms with van der Waals surface area (Å²) in [5.41, 5.74) is 0. The number of hydrogen-bond donors (Lipinski definition) is 1. The second-order valence-corrected chi connectivity index (χ2v) is 6.07. The molecule has 27 heavy (non-hydrogen) atoms. The van der Waals surface area contributed by atoms with E-state index in [9.17, 15) is 8.78 Å². The maximum absolute atomic E-state index is 13.1. The van der Waals surface area contributed by atoms with Crippen LogP contribution in [0.5, 0.6) is 5.75 Å². The van der Waals surface area contributed by atoms with Crippen molar-refractivity contribution in [3.63, 3.8) is 0 Å². The van der Waals surface area contributed by atoms with Crippen molar-refractivity contribution in [1.29, 1.82) is 0 Å². The second-order valence-electron chi connectivity index (χ2n) is 6.07. The number of aliphatic imine (C=N–C) groups is 1. The summed E-state index contributed by atoms with van der Waals surface area (Å²) in [4.78, 5) is 6.47. The first-order valence-corrected chi connectivity index (χ1v) is 8.74. The molecule has 0 radical (unpaired) electrons. The molecule has 0 aromatic heterocycles. The molecule has 1 aliphatic rings. The standard InChI is InChI=1S/C18H27F2N3O3.HI/c1-21-18(23-7-5-14(12-23)13-25-10-9-24-2)22-6-8-26-15-3-4-16(19)17(20)11-15;/h3-4,11,14H,5-10,12-13H2,1-2H3,(H,21,22);1H. The molecule has 0 saturated carbocycles. The van der Waals surface area contributed by atoms with Gasteiger partial charge in [0.25, 0.3) is 0 Å². The Labute approximate surface area is 176 Å². The van der Waals surface area contributed by atoms with Crippen LogP contribution in [0.1, 0.15) is 6.42 Å². The molecular weight excluding hydrogens is 471 g/mol. The van der Waals surface area contributed by atoms with E-state index in [-0.39, 0.29) is 24.0 Å². The van der Waals surface area contributed by atoms with Crippen LogP contribution in [-0.2, 0) is 9.47 Å². The molecular formula is C18H28F2IN3O3. The summed E-state index contributed by atoms with van der Waals surface area (Å²) < 4.78 is 42.0. The van der Waals surface area contributed by atoms with Gasteiger partial charge in [-0.3, -0.25) is 4.99 Å². The molecule has 0 amide bonds. The van der Waals surface area contributed by atoms with Crippen LogP contribution in [0.25, 0.3) is 0 Å². The quantitative estimate of drug-likeness (QED) is 0.245. The molecule has 154 valence electrons. The van der Waals surface area contributed by atoms with Crippen LogP contribution >= 0.6 is 24.0 Å². The molecule has 1 aromatic rings. The van der Waals surface area contributed by atoms with Gasteiger partial charge in [0.15, 0.2) is 17.6 Å². The molecule has 2 rings (SSSR count). The molecule has 1 aliphatic heterocycles. The highest BCUT2D eigenvalue weighted by Gasteiger charge is 2.24. The number of hydrogen-bond acceptors (Lipinski definition) is 4. The van der Waals surface area contributed by atoms with Gasteiger partial charge in [-0.15, -0.1) is 24.0 Å². The third kappa shape index (κ3) is 8.14. The van der Waals surface area contributed by atoms with Crippen LogP contribution in [0.3, 0.4) is 0 Å². The van der Waals surface area contributed by atoms with Crippen molar-refractivity contribution in [2.24, 2.45) is 10.9 Å². The Morgan fingerprint density at radius 1 is 1.26 bits per heavy atom. The number of rotatable bonds is 9. The first-order chi connectivity index (χ1) is 12.6. The summed E-state index contributed by atoms with van der Waals surface area (Å²) in [6.45, 7) is 4.58. The Hall–Kier alpha value is -1.20. The number of halogens is 3. The zero-order chi connectivity index (χ0) is 18.8. The molecule has 1 N–H and O–H groups in total. The van der Waals surface area contributed by atoms with E-state index < -0.39 is 11.6 Å². The van der Waals surface area contributed by atoms with Crippen LogP contribution in [-0.4, -0.2) is 71.1 Å². The normalized spacial score (nSPS) is 17.0. The summed E-state index contributed by atoms with van der Waals surface area (Å²) in [5.74, 6) is -0.218. The Morgan fingerprint density at radius 3 is 2.78 bits per heavy atom. The molecule has 9 heteroatoms. The Balaban J connectivity index is 0.00000364. The van der Waals surface area contributed by atoms with E-state index in [0.717, 1.165) is 44.2 Å². The van der Waals surface area contributed by atoms with Crippen molar-refractivity contribution in [3.05, 3.63) is 29.8 Å². The highest BCUT2D eigenvalue weighted by atomic mass is 127. The fourth-order valence-electron chi connectivity index (χ4n) is 2.78. The van der Waals surface area contributed by atoms with Gasteiger partial charge in [-0.05, 0) is 18.6 Å². The highest BCUT2D eigenvalue weighted by Crippen LogP contribution is 2.17. The molecule has 1 aromatic carbocycles. The van der Waals surface area contributed by atoms with Crippen LogP contribution < -0.4 is 10.1 Å². The lowest BCUT2D eigenvalue weighted by Gasteiger charge is -2.21. The number of nitrogens with zero attached hydrogens (tertiary/aromatic N) is 2. The van der Waals surface area contributed by atoms with E-state index >= 15 is 0 Å². The Morgan fingerprint density at radius 2 is 2.07 bits per heavy atom. The van der Waals surface area contributed by atoms with Crippen molar-refractivity contribution in [1.82, 2.24) is 10.2 Å². The van der Waals surface area contributed by atoms with Crippen molar-refractivity contribution in [2.45, 2.75) is 6.42 Å². The fraction of sp³-hybridized carbons (Fsp3) is 0.611. The smallest absolute Gasteiger partial charge is 0.193 e. The molecule has 0 bridgehead atoms. The number of nitrogens with one attached hydrogen (secondary N) is 1. The first kappa shape index (κ1) is 23.8. The monoisotopic (exact) mass is 499 g/mol. The SMILES string of the molecule is CN=C(NCCOc1ccc(F)c(F)c1)N1CCC(COCCOC)C1.I. The van der Waals surface area contributed by atoms with E-state index in [0.29, 0.717) is 38.0 Å². The van der Waals surface area contributed by atoms with Gasteiger partial charge in [0, 0.05) is 39.2 Å². The minimum atomic E-state index is -0.915. The lowest BCUT2D eigenvalue weighted by Crippen LogP contribution is -2.41. The van der Waals surface area contributed by atoms with E-state index in [2.05, 4.69) is 15.2 Å². The third-order valence-electron chi connectivity index (χ3n) is 4.13. The van der Waals surface area contributed by atoms with Gasteiger partial charge in [-0.1, -0.05) is 0 Å².